The highest BCUT2D eigenvalue weighted by Crippen LogP contribution is 2.51. The number of likely N-dealkylation sites (tertiary alicyclic amines) is 2. The Hall–Kier alpha value is -1.80. The summed E-state index contributed by atoms with van der Waals surface area (Å²) in [4.78, 5) is 56.5. The Morgan fingerprint density at radius 1 is 0.667 bits per heavy atom. The lowest BCUT2D eigenvalue weighted by Gasteiger charge is -2.47. The van der Waals surface area contributed by atoms with E-state index in [1.165, 1.54) is 9.80 Å². The summed E-state index contributed by atoms with van der Waals surface area (Å²) in [6.07, 6.45) is 2.28. The third kappa shape index (κ3) is 3.85. The smallest absolute Gasteiger partial charge is 0.233 e. The molecule has 8 nitrogen and oxygen atoms in total. The highest BCUT2D eigenvalue weighted by atomic mass is 16.3. The van der Waals surface area contributed by atoms with E-state index in [-0.39, 0.29) is 54.2 Å². The maximum atomic E-state index is 13.6. The molecule has 4 rings (SSSR count). The number of aliphatic hydroxyl groups is 2. The van der Waals surface area contributed by atoms with Gasteiger partial charge in [0.15, 0.2) is 0 Å². The highest BCUT2D eigenvalue weighted by Gasteiger charge is 2.63. The number of carbonyl (C=O) groups excluding carboxylic acids is 4. The number of imide groups is 2. The second-order valence-corrected chi connectivity index (χ2v) is 12.3. The number of aliphatic hydroxyl groups excluding tert-OH is 2. The minimum absolute atomic E-state index is 0.110. The van der Waals surface area contributed by atoms with Crippen LogP contribution >= 0.6 is 0 Å². The zero-order chi connectivity index (χ0) is 26.7. The summed E-state index contributed by atoms with van der Waals surface area (Å²) in [7, 11) is 0. The lowest BCUT2D eigenvalue weighted by Crippen LogP contribution is -2.56. The van der Waals surface area contributed by atoms with Crippen LogP contribution in [0.25, 0.3) is 0 Å². The molecule has 0 aromatic carbocycles. The number of rotatable bonds is 7. The standard InChI is InChI=1S/C28H44N2O6/c1-7-27(5,8-2)19-13-22(32)20(14-21(19)31)29-23(33)15-11-17-18(12-16(15)24(29)34)26(36)30(25(17)35)28(6,9-3)10-4/h15-22,31-32H,7-14H2,1-6H3. The first-order chi connectivity index (χ1) is 16.9. The predicted octanol–water partition coefficient (Wildman–Crippen LogP) is 2.89. The first kappa shape index (κ1) is 27.2. The van der Waals surface area contributed by atoms with Gasteiger partial charge in [-0.2, -0.15) is 0 Å². The third-order valence-corrected chi connectivity index (χ3v) is 11.0. The molecule has 8 heteroatoms. The van der Waals surface area contributed by atoms with Crippen LogP contribution in [0.4, 0.5) is 0 Å². The highest BCUT2D eigenvalue weighted by molar-refractivity contribution is 6.10. The van der Waals surface area contributed by atoms with E-state index < -0.39 is 47.5 Å². The number of amides is 4. The van der Waals surface area contributed by atoms with Crippen molar-refractivity contribution in [1.29, 1.82) is 0 Å². The molecule has 2 saturated heterocycles. The summed E-state index contributed by atoms with van der Waals surface area (Å²) < 4.78 is 0. The molecule has 2 N–H and O–H groups in total. The molecule has 0 aromatic rings. The van der Waals surface area contributed by atoms with Crippen LogP contribution in [0.15, 0.2) is 0 Å². The Morgan fingerprint density at radius 3 is 1.53 bits per heavy atom. The molecule has 0 spiro atoms. The number of hydrogen-bond acceptors (Lipinski definition) is 6. The van der Waals surface area contributed by atoms with Crippen molar-refractivity contribution in [3.8, 4) is 0 Å². The molecule has 36 heavy (non-hydrogen) atoms. The van der Waals surface area contributed by atoms with Crippen molar-refractivity contribution < 1.29 is 29.4 Å². The molecule has 4 amide bonds. The van der Waals surface area contributed by atoms with Gasteiger partial charge in [-0.15, -0.1) is 0 Å². The van der Waals surface area contributed by atoms with E-state index in [9.17, 15) is 29.4 Å². The minimum Gasteiger partial charge on any atom is -0.393 e. The van der Waals surface area contributed by atoms with Gasteiger partial charge in [0.25, 0.3) is 0 Å². The molecule has 4 aliphatic rings. The average molecular weight is 505 g/mol. The number of nitrogens with zero attached hydrogens (tertiary/aromatic N) is 2. The van der Waals surface area contributed by atoms with Gasteiger partial charge < -0.3 is 10.2 Å². The summed E-state index contributed by atoms with van der Waals surface area (Å²) in [6.45, 7) is 12.1. The van der Waals surface area contributed by atoms with Crippen LogP contribution in [-0.4, -0.2) is 67.4 Å². The predicted molar refractivity (Wildman–Crippen MR) is 133 cm³/mol. The van der Waals surface area contributed by atoms with Crippen LogP contribution in [0.2, 0.25) is 0 Å². The monoisotopic (exact) mass is 504 g/mol. The first-order valence-corrected chi connectivity index (χ1v) is 14.0. The second-order valence-electron chi connectivity index (χ2n) is 12.3. The van der Waals surface area contributed by atoms with Crippen LogP contribution in [0.5, 0.6) is 0 Å². The quantitative estimate of drug-likeness (QED) is 0.515. The molecule has 2 saturated carbocycles. The number of carbonyl (C=O) groups is 4. The van der Waals surface area contributed by atoms with E-state index in [0.717, 1.165) is 12.8 Å². The fourth-order valence-electron chi connectivity index (χ4n) is 7.57. The van der Waals surface area contributed by atoms with Gasteiger partial charge in [0.05, 0.1) is 41.9 Å². The lowest BCUT2D eigenvalue weighted by molar-refractivity contribution is -0.152. The largest absolute Gasteiger partial charge is 0.393 e. The third-order valence-electron chi connectivity index (χ3n) is 11.0. The van der Waals surface area contributed by atoms with Crippen LogP contribution in [0.1, 0.15) is 92.9 Å². The normalized spacial score (nSPS) is 37.6. The number of hydrogen-bond donors (Lipinski definition) is 2. The fraction of sp³-hybridized carbons (Fsp3) is 0.857. The minimum atomic E-state index is -0.906. The van der Waals surface area contributed by atoms with Crippen LogP contribution in [-0.2, 0) is 19.2 Å². The van der Waals surface area contributed by atoms with Gasteiger partial charge in [-0.25, -0.2) is 0 Å². The van der Waals surface area contributed by atoms with Crippen LogP contribution < -0.4 is 0 Å². The number of fused-ring (bicyclic) bond motifs is 2. The Kier molecular flexibility index (Phi) is 7.19. The van der Waals surface area contributed by atoms with Crippen molar-refractivity contribution in [2.45, 2.75) is 117 Å². The van der Waals surface area contributed by atoms with Crippen molar-refractivity contribution in [3.63, 3.8) is 0 Å². The van der Waals surface area contributed by atoms with Gasteiger partial charge in [-0.3, -0.25) is 29.0 Å². The summed E-state index contributed by atoms with van der Waals surface area (Å²) in [5.74, 6) is -3.72. The molecule has 8 atom stereocenters. The second kappa shape index (κ2) is 9.50. The first-order valence-electron chi connectivity index (χ1n) is 14.0. The van der Waals surface area contributed by atoms with Gasteiger partial charge in [0.1, 0.15) is 0 Å². The van der Waals surface area contributed by atoms with Crippen molar-refractivity contribution in [1.82, 2.24) is 9.80 Å². The Balaban J connectivity index is 1.54. The summed E-state index contributed by atoms with van der Waals surface area (Å²) in [6, 6.07) is -0.772. The molecular formula is C28H44N2O6. The molecule has 0 bridgehead atoms. The molecule has 2 aliphatic carbocycles. The summed E-state index contributed by atoms with van der Waals surface area (Å²) in [5.41, 5.74) is -0.696. The van der Waals surface area contributed by atoms with E-state index in [4.69, 9.17) is 0 Å². The van der Waals surface area contributed by atoms with E-state index >= 15 is 0 Å². The molecule has 0 radical (unpaired) electrons. The zero-order valence-corrected chi connectivity index (χ0v) is 22.7. The van der Waals surface area contributed by atoms with Gasteiger partial charge in [0, 0.05) is 5.54 Å². The Bertz CT molecular complexity index is 883. The fourth-order valence-corrected chi connectivity index (χ4v) is 7.57. The van der Waals surface area contributed by atoms with Crippen molar-refractivity contribution in [2.24, 2.45) is 35.0 Å². The van der Waals surface area contributed by atoms with Gasteiger partial charge >= 0.3 is 0 Å². The van der Waals surface area contributed by atoms with E-state index in [1.807, 2.05) is 20.8 Å². The molecular weight excluding hydrogens is 460 g/mol. The van der Waals surface area contributed by atoms with E-state index in [0.29, 0.717) is 19.3 Å². The van der Waals surface area contributed by atoms with E-state index in [1.54, 1.807) is 0 Å². The molecule has 8 unspecified atom stereocenters. The van der Waals surface area contributed by atoms with Crippen molar-refractivity contribution in [3.05, 3.63) is 0 Å². The van der Waals surface area contributed by atoms with Crippen LogP contribution in [0.3, 0.4) is 0 Å². The Morgan fingerprint density at radius 2 is 1.11 bits per heavy atom. The van der Waals surface area contributed by atoms with Gasteiger partial charge in [-0.1, -0.05) is 47.5 Å². The molecule has 0 aromatic heterocycles. The average Bonchev–Trinajstić information content (AvgIpc) is 3.27. The maximum Gasteiger partial charge on any atom is 0.233 e. The molecule has 2 aliphatic heterocycles. The molecule has 2 heterocycles. The van der Waals surface area contributed by atoms with Gasteiger partial charge in [-0.05, 0) is 56.8 Å². The molecule has 202 valence electrons. The zero-order valence-electron chi connectivity index (χ0n) is 22.7. The van der Waals surface area contributed by atoms with Crippen molar-refractivity contribution >= 4 is 23.6 Å². The van der Waals surface area contributed by atoms with E-state index in [2.05, 4.69) is 20.8 Å². The topological polar surface area (TPSA) is 115 Å². The summed E-state index contributed by atoms with van der Waals surface area (Å²) in [5, 5.41) is 22.1. The molecule has 4 fully saturated rings. The SMILES string of the molecule is CCC(C)(CC)C1CC(O)C(N2C(=O)C3CC4C(=O)N(C(C)(CC)CC)C(=O)C4CC3C2=O)CC1O. The lowest BCUT2D eigenvalue weighted by atomic mass is 9.64. The maximum absolute atomic E-state index is 13.6. The summed E-state index contributed by atoms with van der Waals surface area (Å²) >= 11 is 0. The van der Waals surface area contributed by atoms with Crippen LogP contribution in [0, 0.1) is 35.0 Å². The van der Waals surface area contributed by atoms with Gasteiger partial charge in [0.2, 0.25) is 23.6 Å². The Labute approximate surface area is 214 Å². The van der Waals surface area contributed by atoms with Crippen molar-refractivity contribution in [2.75, 3.05) is 0 Å².